The van der Waals surface area contributed by atoms with Crippen molar-refractivity contribution in [3.8, 4) is 0 Å². The zero-order valence-corrected chi connectivity index (χ0v) is 12.1. The van der Waals surface area contributed by atoms with Gasteiger partial charge in [-0.1, -0.05) is 45.0 Å². The van der Waals surface area contributed by atoms with Gasteiger partial charge in [0, 0.05) is 18.3 Å². The number of nitrogens with two attached hydrogens (primary N) is 1. The standard InChI is InChI=1S/C15H20N2S/c1-15(2,3)12-6-4-11(5-7-12)8-14-17-13(9-16)10-18-14/h4-7,10H,8-9,16H2,1-3H3. The van der Waals surface area contributed by atoms with Crippen LogP contribution in [0.1, 0.15) is 42.6 Å². The molecule has 0 aliphatic carbocycles. The van der Waals surface area contributed by atoms with E-state index in [0.29, 0.717) is 6.54 Å². The highest BCUT2D eigenvalue weighted by Gasteiger charge is 2.13. The van der Waals surface area contributed by atoms with Crippen LogP contribution in [0, 0.1) is 0 Å². The third kappa shape index (κ3) is 3.18. The quantitative estimate of drug-likeness (QED) is 0.917. The molecule has 0 spiro atoms. The lowest BCUT2D eigenvalue weighted by molar-refractivity contribution is 0.590. The van der Waals surface area contributed by atoms with Crippen molar-refractivity contribution in [2.75, 3.05) is 0 Å². The summed E-state index contributed by atoms with van der Waals surface area (Å²) >= 11 is 1.69. The molecule has 0 amide bonds. The van der Waals surface area contributed by atoms with Gasteiger partial charge in [-0.3, -0.25) is 0 Å². The lowest BCUT2D eigenvalue weighted by Gasteiger charge is -2.19. The molecule has 0 radical (unpaired) electrons. The third-order valence-corrected chi connectivity index (χ3v) is 3.88. The minimum Gasteiger partial charge on any atom is -0.325 e. The van der Waals surface area contributed by atoms with Gasteiger partial charge in [0.15, 0.2) is 0 Å². The van der Waals surface area contributed by atoms with Crippen molar-refractivity contribution in [3.63, 3.8) is 0 Å². The molecule has 0 unspecified atom stereocenters. The summed E-state index contributed by atoms with van der Waals surface area (Å²) in [6, 6.07) is 8.83. The van der Waals surface area contributed by atoms with Crippen LogP contribution in [0.4, 0.5) is 0 Å². The molecular formula is C15H20N2S. The molecule has 2 nitrogen and oxygen atoms in total. The van der Waals surface area contributed by atoms with E-state index in [1.807, 2.05) is 5.38 Å². The summed E-state index contributed by atoms with van der Waals surface area (Å²) in [4.78, 5) is 4.49. The van der Waals surface area contributed by atoms with Gasteiger partial charge < -0.3 is 5.73 Å². The Morgan fingerprint density at radius 3 is 2.33 bits per heavy atom. The Labute approximate surface area is 113 Å². The van der Waals surface area contributed by atoms with E-state index >= 15 is 0 Å². The minimum atomic E-state index is 0.215. The second kappa shape index (κ2) is 5.21. The first-order chi connectivity index (χ1) is 8.49. The molecule has 0 saturated heterocycles. The SMILES string of the molecule is CC(C)(C)c1ccc(Cc2nc(CN)cs2)cc1. The van der Waals surface area contributed by atoms with Crippen LogP contribution in [0.2, 0.25) is 0 Å². The molecule has 1 aromatic heterocycles. The molecule has 96 valence electrons. The number of thiazole rings is 1. The van der Waals surface area contributed by atoms with Crippen molar-refractivity contribution in [2.45, 2.75) is 39.2 Å². The van der Waals surface area contributed by atoms with Gasteiger partial charge in [-0.2, -0.15) is 0 Å². The Bertz CT molecular complexity index is 506. The first-order valence-corrected chi connectivity index (χ1v) is 7.10. The first kappa shape index (κ1) is 13.2. The van der Waals surface area contributed by atoms with Crippen molar-refractivity contribution in [3.05, 3.63) is 51.5 Å². The molecule has 0 atom stereocenters. The first-order valence-electron chi connectivity index (χ1n) is 6.22. The normalized spacial score (nSPS) is 11.8. The van der Waals surface area contributed by atoms with Crippen LogP contribution in [0.15, 0.2) is 29.6 Å². The number of hydrogen-bond acceptors (Lipinski definition) is 3. The zero-order chi connectivity index (χ0) is 13.2. The van der Waals surface area contributed by atoms with Gasteiger partial charge in [-0.25, -0.2) is 4.98 Å². The fourth-order valence-corrected chi connectivity index (χ4v) is 2.66. The molecule has 1 aromatic carbocycles. The van der Waals surface area contributed by atoms with E-state index in [-0.39, 0.29) is 5.41 Å². The molecule has 1 heterocycles. The van der Waals surface area contributed by atoms with Crippen LogP contribution in [0.3, 0.4) is 0 Å². The second-order valence-corrected chi connectivity index (χ2v) is 6.50. The molecule has 2 aromatic rings. The molecule has 0 fully saturated rings. The molecule has 0 bridgehead atoms. The number of nitrogens with zero attached hydrogens (tertiary/aromatic N) is 1. The van der Waals surface area contributed by atoms with Crippen LogP contribution in [0.5, 0.6) is 0 Å². The summed E-state index contributed by atoms with van der Waals surface area (Å²) < 4.78 is 0. The lowest BCUT2D eigenvalue weighted by Crippen LogP contribution is -2.10. The second-order valence-electron chi connectivity index (χ2n) is 5.56. The van der Waals surface area contributed by atoms with E-state index < -0.39 is 0 Å². The van der Waals surface area contributed by atoms with E-state index in [1.165, 1.54) is 11.1 Å². The average molecular weight is 260 g/mol. The fraction of sp³-hybridized carbons (Fsp3) is 0.400. The highest BCUT2D eigenvalue weighted by molar-refractivity contribution is 7.09. The molecule has 0 aliphatic heterocycles. The maximum atomic E-state index is 5.57. The molecule has 0 saturated carbocycles. The van der Waals surface area contributed by atoms with Gasteiger partial charge in [-0.15, -0.1) is 11.3 Å². The molecule has 18 heavy (non-hydrogen) atoms. The van der Waals surface area contributed by atoms with E-state index in [1.54, 1.807) is 11.3 Å². The van der Waals surface area contributed by atoms with Crippen LogP contribution in [-0.2, 0) is 18.4 Å². The number of rotatable bonds is 3. The Kier molecular flexibility index (Phi) is 3.83. The maximum Gasteiger partial charge on any atom is 0.0972 e. The minimum absolute atomic E-state index is 0.215. The number of aromatic nitrogens is 1. The third-order valence-electron chi connectivity index (χ3n) is 2.98. The van der Waals surface area contributed by atoms with E-state index in [9.17, 15) is 0 Å². The van der Waals surface area contributed by atoms with Crippen LogP contribution in [0.25, 0.3) is 0 Å². The van der Waals surface area contributed by atoms with Crippen LogP contribution in [-0.4, -0.2) is 4.98 Å². The van der Waals surface area contributed by atoms with Crippen molar-refractivity contribution in [2.24, 2.45) is 5.73 Å². The molecular weight excluding hydrogens is 240 g/mol. The Hall–Kier alpha value is -1.19. The van der Waals surface area contributed by atoms with Crippen molar-refractivity contribution in [1.29, 1.82) is 0 Å². The summed E-state index contributed by atoms with van der Waals surface area (Å²) in [5, 5.41) is 3.18. The van der Waals surface area contributed by atoms with Crippen LogP contribution >= 0.6 is 11.3 Å². The van der Waals surface area contributed by atoms with Gasteiger partial charge in [0.2, 0.25) is 0 Å². The predicted molar refractivity (Wildman–Crippen MR) is 78.0 cm³/mol. The Morgan fingerprint density at radius 2 is 1.83 bits per heavy atom. The summed E-state index contributed by atoms with van der Waals surface area (Å²) in [6.07, 6.45) is 0.898. The summed E-state index contributed by atoms with van der Waals surface area (Å²) in [5.74, 6) is 0. The number of hydrogen-bond donors (Lipinski definition) is 1. The lowest BCUT2D eigenvalue weighted by atomic mass is 9.86. The highest BCUT2D eigenvalue weighted by Crippen LogP contribution is 2.23. The van der Waals surface area contributed by atoms with E-state index in [0.717, 1.165) is 17.1 Å². The monoisotopic (exact) mass is 260 g/mol. The molecule has 3 heteroatoms. The van der Waals surface area contributed by atoms with Gasteiger partial charge >= 0.3 is 0 Å². The van der Waals surface area contributed by atoms with Gasteiger partial charge in [-0.05, 0) is 16.5 Å². The number of benzene rings is 1. The summed E-state index contributed by atoms with van der Waals surface area (Å²) in [5.41, 5.74) is 9.45. The maximum absolute atomic E-state index is 5.57. The molecule has 2 rings (SSSR count). The van der Waals surface area contributed by atoms with Gasteiger partial charge in [0.1, 0.15) is 0 Å². The van der Waals surface area contributed by atoms with Crippen molar-refractivity contribution < 1.29 is 0 Å². The van der Waals surface area contributed by atoms with E-state index in [2.05, 4.69) is 50.0 Å². The molecule has 2 N–H and O–H groups in total. The smallest absolute Gasteiger partial charge is 0.0972 e. The van der Waals surface area contributed by atoms with E-state index in [4.69, 9.17) is 5.73 Å². The molecule has 0 aliphatic rings. The average Bonchev–Trinajstić information content (AvgIpc) is 2.76. The largest absolute Gasteiger partial charge is 0.325 e. The van der Waals surface area contributed by atoms with Crippen LogP contribution < -0.4 is 5.73 Å². The summed E-state index contributed by atoms with van der Waals surface area (Å²) in [6.45, 7) is 7.22. The van der Waals surface area contributed by atoms with Gasteiger partial charge in [0.05, 0.1) is 10.7 Å². The van der Waals surface area contributed by atoms with Crippen molar-refractivity contribution in [1.82, 2.24) is 4.98 Å². The van der Waals surface area contributed by atoms with Crippen molar-refractivity contribution >= 4 is 11.3 Å². The van der Waals surface area contributed by atoms with Gasteiger partial charge in [0.25, 0.3) is 0 Å². The predicted octanol–water partition coefficient (Wildman–Crippen LogP) is 3.49. The zero-order valence-electron chi connectivity index (χ0n) is 11.2. The summed E-state index contributed by atoms with van der Waals surface area (Å²) in [7, 11) is 0. The fourth-order valence-electron chi connectivity index (χ4n) is 1.82. The highest BCUT2D eigenvalue weighted by atomic mass is 32.1. The topological polar surface area (TPSA) is 38.9 Å². The Morgan fingerprint density at radius 1 is 1.17 bits per heavy atom. The Balaban J connectivity index is 2.11.